The highest BCUT2D eigenvalue weighted by atomic mass is 31.1. The van der Waals surface area contributed by atoms with Gasteiger partial charge in [-0.15, -0.1) is 4.52 Å². The first kappa shape index (κ1) is 29.8. The molecule has 0 spiro atoms. The predicted octanol–water partition coefficient (Wildman–Crippen LogP) is 7.66. The van der Waals surface area contributed by atoms with Crippen LogP contribution in [0.4, 0.5) is 4.39 Å². The lowest BCUT2D eigenvalue weighted by Crippen LogP contribution is -2.24. The summed E-state index contributed by atoms with van der Waals surface area (Å²) in [7, 11) is -1.30. The highest BCUT2D eigenvalue weighted by Crippen LogP contribution is 2.53. The molecule has 8 heteroatoms. The van der Waals surface area contributed by atoms with Crippen molar-refractivity contribution in [2.24, 2.45) is 0 Å². The molecule has 0 bridgehead atoms. The van der Waals surface area contributed by atoms with Gasteiger partial charge in [-0.1, -0.05) is 93.1 Å². The fourth-order valence-corrected chi connectivity index (χ4v) is 5.99. The zero-order valence-electron chi connectivity index (χ0n) is 23.0. The number of ether oxygens (including phenoxy) is 1. The molecule has 0 saturated carbocycles. The average Bonchev–Trinajstić information content (AvgIpc) is 2.98. The summed E-state index contributed by atoms with van der Waals surface area (Å²) in [6.45, 7) is 3.88. The number of rotatable bonds is 10. The van der Waals surface area contributed by atoms with E-state index < -0.39 is 38.0 Å². The minimum absolute atomic E-state index is 0.205. The van der Waals surface area contributed by atoms with Crippen LogP contribution in [-0.4, -0.2) is 29.3 Å². The Hall–Kier alpha value is -4.21. The number of esters is 1. The van der Waals surface area contributed by atoms with E-state index in [9.17, 15) is 18.9 Å². The van der Waals surface area contributed by atoms with Crippen LogP contribution in [0.25, 0.3) is 33.5 Å². The molecule has 3 unspecified atom stereocenters. The number of terminal acetylenes is 1. The molecule has 0 amide bonds. The van der Waals surface area contributed by atoms with Crippen LogP contribution in [0, 0.1) is 18.3 Å². The van der Waals surface area contributed by atoms with Crippen molar-refractivity contribution in [3.63, 3.8) is 0 Å². The van der Waals surface area contributed by atoms with Crippen LogP contribution in [-0.2, 0) is 18.6 Å². The molecule has 0 aliphatic heterocycles. The van der Waals surface area contributed by atoms with Crippen LogP contribution >= 0.6 is 8.03 Å². The van der Waals surface area contributed by atoms with E-state index in [0.29, 0.717) is 33.6 Å². The minimum Gasteiger partial charge on any atom is -0.387 e. The molecular weight excluding hydrogens is 540 g/mol. The zero-order valence-corrected chi connectivity index (χ0v) is 23.8. The molecule has 1 heterocycles. The molecule has 0 saturated heterocycles. The van der Waals surface area contributed by atoms with Crippen LogP contribution < -0.4 is 0 Å². The van der Waals surface area contributed by atoms with Gasteiger partial charge in [0.2, 0.25) is 5.66 Å². The van der Waals surface area contributed by atoms with Crippen molar-refractivity contribution in [3.05, 3.63) is 102 Å². The molecule has 0 fully saturated rings. The summed E-state index contributed by atoms with van der Waals surface area (Å²) in [6, 6.07) is 25.1. The number of hydrogen-bond acceptors (Lipinski definition) is 6. The number of hydrogen-bond donors (Lipinski definition) is 1. The number of aliphatic hydroxyl groups excluding tert-OH is 1. The van der Waals surface area contributed by atoms with E-state index in [2.05, 4.69) is 4.74 Å². The quantitative estimate of drug-likeness (QED) is 0.120. The standard InChI is InChI=1S/C33H30FNO5P/c1-5-40-27(37)20-26(36)33(41(38)39-4)30-28(23-16-18-25(34)19-17-23)29(22-12-8-6-9-13-22)32(35-31(30)21(2)3)24-14-10-7-11-15-24/h1,6-19,21,26,33,36H,20H2,2-4H3/q+1. The summed E-state index contributed by atoms with van der Waals surface area (Å²) in [4.78, 5) is 17.5. The molecule has 1 aromatic heterocycles. The Morgan fingerprint density at radius 2 is 1.51 bits per heavy atom. The molecule has 3 atom stereocenters. The third-order valence-electron chi connectivity index (χ3n) is 6.67. The van der Waals surface area contributed by atoms with Gasteiger partial charge in [-0.25, -0.2) is 4.39 Å². The number of aromatic nitrogens is 1. The molecule has 6 nitrogen and oxygen atoms in total. The van der Waals surface area contributed by atoms with E-state index in [0.717, 1.165) is 11.1 Å². The second-order valence-corrected chi connectivity index (χ2v) is 11.2. The van der Waals surface area contributed by atoms with Gasteiger partial charge in [0.05, 0.1) is 24.9 Å². The number of halogens is 1. The van der Waals surface area contributed by atoms with Crippen molar-refractivity contribution >= 4 is 14.0 Å². The first-order valence-corrected chi connectivity index (χ1v) is 14.3. The van der Waals surface area contributed by atoms with Crippen LogP contribution in [0.15, 0.2) is 84.9 Å². The van der Waals surface area contributed by atoms with Crippen LogP contribution in [0.5, 0.6) is 0 Å². The molecular formula is C33H30FNO5P+. The number of carbonyl (C=O) groups is 1. The van der Waals surface area contributed by atoms with Crippen molar-refractivity contribution in [2.75, 3.05) is 7.11 Å². The maximum Gasteiger partial charge on any atom is 0.518 e. The van der Waals surface area contributed by atoms with Gasteiger partial charge < -0.3 is 9.84 Å². The second kappa shape index (κ2) is 13.4. The number of nitrogens with zero attached hydrogens (tertiary/aromatic N) is 1. The Kier molecular flexibility index (Phi) is 9.75. The number of pyridine rings is 1. The number of aliphatic hydroxyl groups is 1. The monoisotopic (exact) mass is 570 g/mol. The molecule has 0 aliphatic carbocycles. The largest absolute Gasteiger partial charge is 0.518 e. The Balaban J connectivity index is 2.19. The van der Waals surface area contributed by atoms with Gasteiger partial charge in [-0.3, -0.25) is 9.78 Å². The average molecular weight is 571 g/mol. The van der Waals surface area contributed by atoms with E-state index in [1.807, 2.05) is 80.6 Å². The fraction of sp³-hybridized carbons (Fsp3) is 0.212. The first-order chi connectivity index (χ1) is 19.8. The van der Waals surface area contributed by atoms with Gasteiger partial charge in [0.25, 0.3) is 0 Å². The van der Waals surface area contributed by atoms with Crippen LogP contribution in [0.3, 0.4) is 0 Å². The Bertz CT molecular complexity index is 1570. The molecule has 1 N–H and O–H groups in total. The normalized spacial score (nSPS) is 12.9. The molecule has 4 aromatic rings. The predicted molar refractivity (Wildman–Crippen MR) is 157 cm³/mol. The van der Waals surface area contributed by atoms with Crippen LogP contribution in [0.2, 0.25) is 0 Å². The van der Waals surface area contributed by atoms with E-state index >= 15 is 0 Å². The SMILES string of the molecule is C#COC(=O)CC(O)C(c1c(C(C)C)nc(-c2ccccc2)c(-c2ccccc2)c1-c1ccc(F)cc1)[P+](=O)OC. The van der Waals surface area contributed by atoms with E-state index in [1.165, 1.54) is 19.2 Å². The smallest absolute Gasteiger partial charge is 0.387 e. The lowest BCUT2D eigenvalue weighted by Gasteiger charge is -2.26. The lowest BCUT2D eigenvalue weighted by atomic mass is 9.83. The molecule has 0 radical (unpaired) electrons. The summed E-state index contributed by atoms with van der Waals surface area (Å²) >= 11 is 0. The summed E-state index contributed by atoms with van der Waals surface area (Å²) in [5, 5.41) is 11.4. The maximum absolute atomic E-state index is 14.2. The van der Waals surface area contributed by atoms with Crippen molar-refractivity contribution in [1.29, 1.82) is 0 Å². The second-order valence-electron chi connectivity index (χ2n) is 9.68. The minimum atomic E-state index is -2.57. The fourth-order valence-electron chi connectivity index (χ4n) is 4.91. The zero-order chi connectivity index (χ0) is 29.5. The summed E-state index contributed by atoms with van der Waals surface area (Å²) in [6.07, 6.45) is 4.90. The van der Waals surface area contributed by atoms with E-state index in [-0.39, 0.29) is 5.92 Å². The first-order valence-electron chi connectivity index (χ1n) is 13.0. The highest BCUT2D eigenvalue weighted by molar-refractivity contribution is 7.39. The van der Waals surface area contributed by atoms with Crippen molar-refractivity contribution in [2.45, 2.75) is 37.9 Å². The lowest BCUT2D eigenvalue weighted by molar-refractivity contribution is -0.139. The third-order valence-corrected chi connectivity index (χ3v) is 8.09. The molecule has 3 aromatic carbocycles. The van der Waals surface area contributed by atoms with Gasteiger partial charge in [0.1, 0.15) is 18.0 Å². The van der Waals surface area contributed by atoms with E-state index in [1.54, 1.807) is 12.1 Å². The maximum atomic E-state index is 14.2. The Labute approximate surface area is 240 Å². The van der Waals surface area contributed by atoms with Crippen molar-refractivity contribution < 1.29 is 28.1 Å². The van der Waals surface area contributed by atoms with Gasteiger partial charge in [-0.05, 0) is 33.7 Å². The number of carbonyl (C=O) groups excluding carboxylic acids is 1. The molecule has 0 aliphatic rings. The van der Waals surface area contributed by atoms with Crippen LogP contribution in [0.1, 0.15) is 43.1 Å². The van der Waals surface area contributed by atoms with Crippen molar-refractivity contribution in [3.8, 4) is 46.0 Å². The molecule has 208 valence electrons. The molecule has 41 heavy (non-hydrogen) atoms. The highest BCUT2D eigenvalue weighted by Gasteiger charge is 2.46. The Morgan fingerprint density at radius 3 is 2.05 bits per heavy atom. The summed E-state index contributed by atoms with van der Waals surface area (Å²) in [5.41, 5.74) is 4.02. The van der Waals surface area contributed by atoms with Gasteiger partial charge >= 0.3 is 14.0 Å². The summed E-state index contributed by atoms with van der Waals surface area (Å²) in [5.74, 6) is -1.48. The third kappa shape index (κ3) is 6.58. The van der Waals surface area contributed by atoms with E-state index in [4.69, 9.17) is 15.9 Å². The Morgan fingerprint density at radius 1 is 0.951 bits per heavy atom. The molecule has 4 rings (SSSR count). The van der Waals surface area contributed by atoms with Gasteiger partial charge in [-0.2, -0.15) is 0 Å². The van der Waals surface area contributed by atoms with Gasteiger partial charge in [0.15, 0.2) is 0 Å². The topological polar surface area (TPSA) is 85.7 Å². The van der Waals surface area contributed by atoms with Gasteiger partial charge in [0, 0.05) is 22.3 Å². The number of benzene rings is 3. The summed E-state index contributed by atoms with van der Waals surface area (Å²) < 4.78 is 37.7. The van der Waals surface area contributed by atoms with Crippen molar-refractivity contribution in [1.82, 2.24) is 4.98 Å².